The molecular formula is C20H22FN3O3S. The van der Waals surface area contributed by atoms with Crippen LogP contribution in [-0.2, 0) is 14.8 Å². The first-order chi connectivity index (χ1) is 13.4. The van der Waals surface area contributed by atoms with Crippen molar-refractivity contribution in [2.24, 2.45) is 0 Å². The number of benzene rings is 2. The highest BCUT2D eigenvalue weighted by Gasteiger charge is 2.30. The van der Waals surface area contributed by atoms with Crippen LogP contribution in [0.5, 0.6) is 0 Å². The first-order valence-corrected chi connectivity index (χ1v) is 10.8. The zero-order valence-electron chi connectivity index (χ0n) is 15.3. The van der Waals surface area contributed by atoms with Gasteiger partial charge in [0.25, 0.3) is 0 Å². The fraction of sp³-hybridized carbons (Fsp3) is 0.350. The number of nitrogens with one attached hydrogen (secondary N) is 1. The van der Waals surface area contributed by atoms with Crippen molar-refractivity contribution in [1.82, 2.24) is 9.62 Å². The van der Waals surface area contributed by atoms with Crippen LogP contribution < -0.4 is 10.2 Å². The van der Waals surface area contributed by atoms with Gasteiger partial charge < -0.3 is 10.2 Å². The number of hydrogen-bond donors (Lipinski definition) is 1. The number of para-hydroxylation sites is 1. The van der Waals surface area contributed by atoms with E-state index in [1.165, 1.54) is 10.4 Å². The molecule has 1 amide bonds. The number of carbonyl (C=O) groups excluding carboxylic acids is 1. The minimum Gasteiger partial charge on any atom is -0.367 e. The molecule has 2 aliphatic heterocycles. The Morgan fingerprint density at radius 3 is 2.25 bits per heavy atom. The van der Waals surface area contributed by atoms with Gasteiger partial charge in [0.15, 0.2) is 0 Å². The summed E-state index contributed by atoms with van der Waals surface area (Å²) in [5.41, 5.74) is 1.46. The molecule has 6 nitrogen and oxygen atoms in total. The van der Waals surface area contributed by atoms with Gasteiger partial charge in [-0.25, -0.2) is 12.8 Å². The normalized spacial score (nSPS) is 21.0. The van der Waals surface area contributed by atoms with Crippen molar-refractivity contribution in [2.75, 3.05) is 37.6 Å². The lowest BCUT2D eigenvalue weighted by Crippen LogP contribution is -2.48. The SMILES string of the molecule is O=C1CC(c2ccc(S(=O)(=O)N3CCN(c4ccccc4F)CC3)cc2)CN1. The number of amides is 1. The number of carbonyl (C=O) groups is 1. The Morgan fingerprint density at radius 1 is 0.964 bits per heavy atom. The van der Waals surface area contributed by atoms with Gasteiger partial charge in [-0.05, 0) is 29.8 Å². The summed E-state index contributed by atoms with van der Waals surface area (Å²) in [7, 11) is -3.60. The molecule has 0 aliphatic carbocycles. The number of piperazine rings is 1. The summed E-state index contributed by atoms with van der Waals surface area (Å²) < 4.78 is 41.3. The molecule has 1 unspecified atom stereocenters. The van der Waals surface area contributed by atoms with Crippen molar-refractivity contribution >= 4 is 21.6 Å². The highest BCUT2D eigenvalue weighted by Crippen LogP contribution is 2.26. The summed E-state index contributed by atoms with van der Waals surface area (Å²) in [6.07, 6.45) is 0.435. The molecule has 2 aromatic carbocycles. The van der Waals surface area contributed by atoms with E-state index in [0.29, 0.717) is 44.8 Å². The van der Waals surface area contributed by atoms with E-state index in [1.54, 1.807) is 42.5 Å². The number of nitrogens with zero attached hydrogens (tertiary/aromatic N) is 2. The van der Waals surface area contributed by atoms with E-state index in [4.69, 9.17) is 0 Å². The van der Waals surface area contributed by atoms with Crippen molar-refractivity contribution < 1.29 is 17.6 Å². The van der Waals surface area contributed by atoms with Gasteiger partial charge in [-0.2, -0.15) is 4.31 Å². The minimum atomic E-state index is -3.60. The standard InChI is InChI=1S/C20H22FN3O3S/c21-18-3-1-2-4-19(18)23-9-11-24(12-10-23)28(26,27)17-7-5-15(6-8-17)16-13-20(25)22-14-16/h1-8,16H,9-14H2,(H,22,25). The maximum absolute atomic E-state index is 14.0. The van der Waals surface area contributed by atoms with Gasteiger partial charge >= 0.3 is 0 Å². The van der Waals surface area contributed by atoms with Crippen molar-refractivity contribution in [2.45, 2.75) is 17.2 Å². The molecule has 1 atom stereocenters. The smallest absolute Gasteiger partial charge is 0.243 e. The van der Waals surface area contributed by atoms with E-state index in [9.17, 15) is 17.6 Å². The second kappa shape index (κ2) is 7.52. The van der Waals surface area contributed by atoms with Crippen LogP contribution in [0.25, 0.3) is 0 Å². The lowest BCUT2D eigenvalue weighted by atomic mass is 9.99. The molecule has 2 aromatic rings. The van der Waals surface area contributed by atoms with Gasteiger partial charge in [0.05, 0.1) is 10.6 Å². The molecule has 8 heteroatoms. The fourth-order valence-corrected chi connectivity index (χ4v) is 5.20. The van der Waals surface area contributed by atoms with Crippen LogP contribution in [-0.4, -0.2) is 51.4 Å². The molecule has 2 fully saturated rings. The van der Waals surface area contributed by atoms with Gasteiger partial charge in [-0.1, -0.05) is 24.3 Å². The molecule has 0 aromatic heterocycles. The fourth-order valence-electron chi connectivity index (χ4n) is 3.78. The molecule has 2 saturated heterocycles. The van der Waals surface area contributed by atoms with Crippen LogP contribution in [0.4, 0.5) is 10.1 Å². The molecule has 0 spiro atoms. The summed E-state index contributed by atoms with van der Waals surface area (Å²) in [6, 6.07) is 13.3. The molecule has 28 heavy (non-hydrogen) atoms. The van der Waals surface area contributed by atoms with Crippen molar-refractivity contribution in [1.29, 1.82) is 0 Å². The van der Waals surface area contributed by atoms with Crippen LogP contribution >= 0.6 is 0 Å². The van der Waals surface area contributed by atoms with Crippen LogP contribution in [0.2, 0.25) is 0 Å². The summed E-state index contributed by atoms with van der Waals surface area (Å²) in [5, 5.41) is 2.79. The Hall–Kier alpha value is -2.45. The second-order valence-corrected chi connectivity index (χ2v) is 9.05. The maximum Gasteiger partial charge on any atom is 0.243 e. The predicted molar refractivity (Wildman–Crippen MR) is 104 cm³/mol. The first kappa shape index (κ1) is 18.9. The molecule has 0 saturated carbocycles. The summed E-state index contributed by atoms with van der Waals surface area (Å²) in [5.74, 6) is -0.183. The Morgan fingerprint density at radius 2 is 1.64 bits per heavy atom. The molecule has 4 rings (SSSR count). The molecule has 2 heterocycles. The quantitative estimate of drug-likeness (QED) is 0.847. The highest BCUT2D eigenvalue weighted by molar-refractivity contribution is 7.89. The maximum atomic E-state index is 14.0. The third kappa shape index (κ3) is 3.62. The Balaban J connectivity index is 1.44. The molecular weight excluding hydrogens is 381 g/mol. The topological polar surface area (TPSA) is 69.7 Å². The monoisotopic (exact) mass is 403 g/mol. The molecule has 0 bridgehead atoms. The molecule has 148 valence electrons. The van der Waals surface area contributed by atoms with Crippen molar-refractivity contribution in [3.05, 3.63) is 59.9 Å². The zero-order valence-corrected chi connectivity index (χ0v) is 16.2. The van der Waals surface area contributed by atoms with E-state index < -0.39 is 10.0 Å². The minimum absolute atomic E-state index is 0.0226. The van der Waals surface area contributed by atoms with Crippen LogP contribution in [0.3, 0.4) is 0 Å². The largest absolute Gasteiger partial charge is 0.367 e. The summed E-state index contributed by atoms with van der Waals surface area (Å²) in [6.45, 7) is 2.07. The van der Waals surface area contributed by atoms with Gasteiger partial charge in [-0.3, -0.25) is 4.79 Å². The van der Waals surface area contributed by atoms with E-state index in [1.807, 2.05) is 4.90 Å². The average molecular weight is 403 g/mol. The number of rotatable bonds is 4. The predicted octanol–water partition coefficient (Wildman–Crippen LogP) is 1.94. The van der Waals surface area contributed by atoms with Crippen LogP contribution in [0.15, 0.2) is 53.4 Å². The third-order valence-corrected chi connectivity index (χ3v) is 7.31. The molecule has 1 N–H and O–H groups in total. The van der Waals surface area contributed by atoms with Crippen molar-refractivity contribution in [3.8, 4) is 0 Å². The molecule has 2 aliphatic rings. The Bertz CT molecular complexity index is 970. The number of halogens is 1. The second-order valence-electron chi connectivity index (χ2n) is 7.12. The number of hydrogen-bond acceptors (Lipinski definition) is 4. The number of sulfonamides is 1. The summed E-state index contributed by atoms with van der Waals surface area (Å²) in [4.78, 5) is 13.5. The van der Waals surface area contributed by atoms with E-state index in [-0.39, 0.29) is 22.5 Å². The van der Waals surface area contributed by atoms with E-state index in [0.717, 1.165) is 5.56 Å². The Kier molecular flexibility index (Phi) is 5.07. The molecule has 0 radical (unpaired) electrons. The number of anilines is 1. The van der Waals surface area contributed by atoms with Crippen molar-refractivity contribution in [3.63, 3.8) is 0 Å². The zero-order chi connectivity index (χ0) is 19.7. The van der Waals surface area contributed by atoms with Gasteiger partial charge in [-0.15, -0.1) is 0 Å². The lowest BCUT2D eigenvalue weighted by Gasteiger charge is -2.35. The average Bonchev–Trinajstić information content (AvgIpc) is 3.15. The van der Waals surface area contributed by atoms with Crippen LogP contribution in [0, 0.1) is 5.82 Å². The Labute approximate surface area is 164 Å². The van der Waals surface area contributed by atoms with Gasteiger partial charge in [0.2, 0.25) is 15.9 Å². The van der Waals surface area contributed by atoms with E-state index >= 15 is 0 Å². The first-order valence-electron chi connectivity index (χ1n) is 9.31. The third-order valence-electron chi connectivity index (χ3n) is 5.40. The van der Waals surface area contributed by atoms with Crippen LogP contribution in [0.1, 0.15) is 17.9 Å². The highest BCUT2D eigenvalue weighted by atomic mass is 32.2. The van der Waals surface area contributed by atoms with E-state index in [2.05, 4.69) is 5.32 Å². The summed E-state index contributed by atoms with van der Waals surface area (Å²) >= 11 is 0. The van der Waals surface area contributed by atoms with Gasteiger partial charge in [0.1, 0.15) is 5.82 Å². The lowest BCUT2D eigenvalue weighted by molar-refractivity contribution is -0.119. The van der Waals surface area contributed by atoms with Gasteiger partial charge in [0, 0.05) is 45.1 Å².